The van der Waals surface area contributed by atoms with Gasteiger partial charge in [-0.1, -0.05) is 11.6 Å². The van der Waals surface area contributed by atoms with E-state index >= 15 is 0 Å². The molecule has 1 aliphatic carbocycles. The van der Waals surface area contributed by atoms with Crippen LogP contribution in [0.4, 0.5) is 0 Å². The molecular weight excluding hydrogens is 425 g/mol. The Morgan fingerprint density at radius 2 is 2.19 bits per heavy atom. The SMILES string of the molecule is CN=C(NCC(O)c1ccc(Cl)s1)NCC1(O)CCC1.I. The highest BCUT2D eigenvalue weighted by Gasteiger charge is 2.34. The molecule has 1 fully saturated rings. The Hall–Kier alpha value is -0.0900. The summed E-state index contributed by atoms with van der Waals surface area (Å²) in [5.74, 6) is 0.576. The summed E-state index contributed by atoms with van der Waals surface area (Å²) in [5.41, 5.74) is -0.600. The van der Waals surface area contributed by atoms with Crippen LogP contribution < -0.4 is 10.6 Å². The van der Waals surface area contributed by atoms with Crippen LogP contribution in [0.25, 0.3) is 0 Å². The molecule has 0 radical (unpaired) electrons. The van der Waals surface area contributed by atoms with Crippen molar-refractivity contribution in [2.75, 3.05) is 20.1 Å². The second-order valence-electron chi connectivity index (χ2n) is 5.04. The zero-order valence-corrected chi connectivity index (χ0v) is 15.7. The van der Waals surface area contributed by atoms with Gasteiger partial charge in [0.15, 0.2) is 5.96 Å². The van der Waals surface area contributed by atoms with E-state index in [9.17, 15) is 10.2 Å². The maximum Gasteiger partial charge on any atom is 0.191 e. The van der Waals surface area contributed by atoms with Crippen LogP contribution in [-0.2, 0) is 0 Å². The Morgan fingerprint density at radius 1 is 1.48 bits per heavy atom. The highest BCUT2D eigenvalue weighted by Crippen LogP contribution is 2.30. The fourth-order valence-electron chi connectivity index (χ4n) is 2.03. The average Bonchev–Trinajstić information content (AvgIpc) is 2.83. The number of aliphatic imine (C=N–C) groups is 1. The van der Waals surface area contributed by atoms with Gasteiger partial charge >= 0.3 is 0 Å². The standard InChI is InChI=1S/C13H20ClN3O2S.HI/c1-15-12(17-8-13(19)5-2-6-13)16-7-9(18)10-3-4-11(14)20-10;/h3-4,9,18-19H,2,5-8H2,1H3,(H2,15,16,17);1H. The van der Waals surface area contributed by atoms with Crippen LogP contribution in [0.2, 0.25) is 4.34 Å². The van der Waals surface area contributed by atoms with Crippen molar-refractivity contribution in [3.8, 4) is 0 Å². The van der Waals surface area contributed by atoms with E-state index in [1.54, 1.807) is 13.1 Å². The van der Waals surface area contributed by atoms with E-state index in [2.05, 4.69) is 15.6 Å². The minimum Gasteiger partial charge on any atom is -0.388 e. The van der Waals surface area contributed by atoms with Crippen molar-refractivity contribution in [1.29, 1.82) is 0 Å². The molecule has 1 aromatic rings. The predicted molar refractivity (Wildman–Crippen MR) is 97.9 cm³/mol. The lowest BCUT2D eigenvalue weighted by molar-refractivity contribution is -0.0279. The summed E-state index contributed by atoms with van der Waals surface area (Å²) in [6.07, 6.45) is 2.10. The van der Waals surface area contributed by atoms with Crippen molar-refractivity contribution in [2.45, 2.75) is 31.0 Å². The highest BCUT2D eigenvalue weighted by atomic mass is 127. The Labute approximate surface area is 150 Å². The molecule has 0 spiro atoms. The first-order valence-electron chi connectivity index (χ1n) is 6.63. The van der Waals surface area contributed by atoms with Gasteiger partial charge in [0, 0.05) is 25.0 Å². The van der Waals surface area contributed by atoms with Crippen molar-refractivity contribution >= 4 is 52.9 Å². The summed E-state index contributed by atoms with van der Waals surface area (Å²) < 4.78 is 0.661. The Balaban J connectivity index is 0.00000220. The van der Waals surface area contributed by atoms with Crippen LogP contribution in [0.3, 0.4) is 0 Å². The van der Waals surface area contributed by atoms with E-state index in [0.717, 1.165) is 24.1 Å². The first kappa shape index (κ1) is 19.0. The molecule has 0 aliphatic heterocycles. The lowest BCUT2D eigenvalue weighted by Crippen LogP contribution is -2.51. The van der Waals surface area contributed by atoms with E-state index in [1.165, 1.54) is 11.3 Å². The van der Waals surface area contributed by atoms with Crippen molar-refractivity contribution in [2.24, 2.45) is 4.99 Å². The minimum atomic E-state index is -0.627. The number of hydrogen-bond donors (Lipinski definition) is 4. The first-order chi connectivity index (χ1) is 9.52. The summed E-state index contributed by atoms with van der Waals surface area (Å²) in [5, 5.41) is 26.1. The lowest BCUT2D eigenvalue weighted by atomic mass is 9.80. The number of nitrogens with zero attached hydrogens (tertiary/aromatic N) is 1. The van der Waals surface area contributed by atoms with E-state index < -0.39 is 11.7 Å². The average molecular weight is 446 g/mol. The first-order valence-corrected chi connectivity index (χ1v) is 7.82. The Bertz CT molecular complexity index is 480. The van der Waals surface area contributed by atoms with E-state index in [4.69, 9.17) is 11.6 Å². The third kappa shape index (κ3) is 5.55. The molecule has 1 unspecified atom stereocenters. The Morgan fingerprint density at radius 3 is 2.67 bits per heavy atom. The number of rotatable bonds is 5. The molecule has 4 N–H and O–H groups in total. The summed E-state index contributed by atoms with van der Waals surface area (Å²) in [6.45, 7) is 0.822. The van der Waals surface area contributed by atoms with Gasteiger partial charge in [0.25, 0.3) is 0 Å². The molecule has 8 heteroatoms. The second-order valence-corrected chi connectivity index (χ2v) is 6.79. The highest BCUT2D eigenvalue weighted by molar-refractivity contribution is 14.0. The molecule has 5 nitrogen and oxygen atoms in total. The summed E-state index contributed by atoms with van der Waals surface area (Å²) in [6, 6.07) is 3.58. The fourth-order valence-corrected chi connectivity index (χ4v) is 3.08. The lowest BCUT2D eigenvalue weighted by Gasteiger charge is -2.37. The third-order valence-corrected chi connectivity index (χ3v) is 4.81. The van der Waals surface area contributed by atoms with Gasteiger partial charge in [0.1, 0.15) is 6.10 Å². The quantitative estimate of drug-likeness (QED) is 0.318. The van der Waals surface area contributed by atoms with Gasteiger partial charge in [-0.3, -0.25) is 4.99 Å². The molecule has 120 valence electrons. The summed E-state index contributed by atoms with van der Waals surface area (Å²) in [7, 11) is 1.66. The second kappa shape index (κ2) is 8.52. The van der Waals surface area contributed by atoms with E-state index in [1.807, 2.05) is 6.07 Å². The number of guanidine groups is 1. The maximum absolute atomic E-state index is 10.0. The van der Waals surface area contributed by atoms with E-state index in [-0.39, 0.29) is 24.0 Å². The van der Waals surface area contributed by atoms with Crippen LogP contribution in [0.5, 0.6) is 0 Å². The number of hydrogen-bond acceptors (Lipinski definition) is 4. The van der Waals surface area contributed by atoms with Gasteiger partial charge in [-0.05, 0) is 31.4 Å². The molecule has 0 bridgehead atoms. The van der Waals surface area contributed by atoms with E-state index in [0.29, 0.717) is 23.4 Å². The molecule has 2 rings (SSSR count). The zero-order chi connectivity index (χ0) is 14.6. The van der Waals surface area contributed by atoms with Gasteiger partial charge in [0.2, 0.25) is 0 Å². The summed E-state index contributed by atoms with van der Waals surface area (Å²) in [4.78, 5) is 4.89. The molecule has 0 amide bonds. The number of aliphatic hydroxyl groups excluding tert-OH is 1. The van der Waals surface area contributed by atoms with Crippen molar-refractivity contribution in [1.82, 2.24) is 10.6 Å². The molecule has 1 saturated carbocycles. The normalized spacial score (nSPS) is 18.4. The van der Waals surface area contributed by atoms with Crippen LogP contribution in [0.15, 0.2) is 17.1 Å². The molecular formula is C13H21ClIN3O2S. The fraction of sp³-hybridized carbons (Fsp3) is 0.615. The van der Waals surface area contributed by atoms with Crippen molar-refractivity contribution in [3.05, 3.63) is 21.3 Å². The summed E-state index contributed by atoms with van der Waals surface area (Å²) >= 11 is 7.20. The van der Waals surface area contributed by atoms with Crippen LogP contribution in [0, 0.1) is 0 Å². The predicted octanol–water partition coefficient (Wildman–Crippen LogP) is 2.13. The minimum absolute atomic E-state index is 0. The number of halogens is 2. The van der Waals surface area contributed by atoms with Crippen molar-refractivity contribution in [3.63, 3.8) is 0 Å². The number of thiophene rings is 1. The molecule has 1 atom stereocenters. The molecule has 0 aromatic carbocycles. The monoisotopic (exact) mass is 445 g/mol. The van der Waals surface area contributed by atoms with Gasteiger partial charge in [-0.15, -0.1) is 35.3 Å². The topological polar surface area (TPSA) is 76.9 Å². The van der Waals surface area contributed by atoms with Gasteiger partial charge < -0.3 is 20.8 Å². The van der Waals surface area contributed by atoms with Gasteiger partial charge in [-0.2, -0.15) is 0 Å². The zero-order valence-electron chi connectivity index (χ0n) is 11.8. The molecule has 0 saturated heterocycles. The largest absolute Gasteiger partial charge is 0.388 e. The van der Waals surface area contributed by atoms with Crippen molar-refractivity contribution < 1.29 is 10.2 Å². The third-order valence-electron chi connectivity index (χ3n) is 3.48. The number of nitrogens with one attached hydrogen (secondary N) is 2. The van der Waals surface area contributed by atoms with Gasteiger partial charge in [0.05, 0.1) is 9.94 Å². The number of aliphatic hydroxyl groups is 2. The molecule has 1 heterocycles. The molecule has 21 heavy (non-hydrogen) atoms. The van der Waals surface area contributed by atoms with Crippen LogP contribution >= 0.6 is 46.9 Å². The Kier molecular flexibility index (Phi) is 7.69. The molecule has 1 aromatic heterocycles. The van der Waals surface area contributed by atoms with Crippen LogP contribution in [-0.4, -0.2) is 41.9 Å². The smallest absolute Gasteiger partial charge is 0.191 e. The van der Waals surface area contributed by atoms with Gasteiger partial charge in [-0.25, -0.2) is 0 Å². The maximum atomic E-state index is 10.0. The van der Waals surface area contributed by atoms with Crippen LogP contribution in [0.1, 0.15) is 30.2 Å². The molecule has 1 aliphatic rings.